The number of aromatic amines is 1. The van der Waals surface area contributed by atoms with E-state index in [0.717, 1.165) is 0 Å². The van der Waals surface area contributed by atoms with Crippen molar-refractivity contribution in [2.24, 2.45) is 5.92 Å². The molecule has 0 spiro atoms. The number of carboxylic acid groups (broad SMARTS) is 1. The average Bonchev–Trinajstić information content (AvgIpc) is 2.77. The van der Waals surface area contributed by atoms with Crippen LogP contribution >= 0.6 is 0 Å². The zero-order valence-corrected chi connectivity index (χ0v) is 9.73. The monoisotopic (exact) mass is 240 g/mol. The van der Waals surface area contributed by atoms with Crippen molar-refractivity contribution < 1.29 is 14.7 Å². The third-order valence-corrected chi connectivity index (χ3v) is 2.52. The van der Waals surface area contributed by atoms with Crippen molar-refractivity contribution in [2.45, 2.75) is 26.3 Å². The lowest BCUT2D eigenvalue weighted by Gasteiger charge is -2.19. The van der Waals surface area contributed by atoms with Crippen LogP contribution in [0.25, 0.3) is 0 Å². The first-order chi connectivity index (χ1) is 8.04. The van der Waals surface area contributed by atoms with Gasteiger partial charge in [-0.05, 0) is 5.92 Å². The zero-order valence-electron chi connectivity index (χ0n) is 9.73. The van der Waals surface area contributed by atoms with Crippen LogP contribution in [0.5, 0.6) is 0 Å². The fraction of sp³-hybridized carbons (Fsp3) is 0.500. The Balaban J connectivity index is 2.55. The van der Waals surface area contributed by atoms with E-state index in [9.17, 15) is 9.59 Å². The topological polar surface area (TPSA) is 107 Å². The summed E-state index contributed by atoms with van der Waals surface area (Å²) in [4.78, 5) is 22.5. The Morgan fingerprint density at radius 2 is 2.29 bits per heavy atom. The van der Waals surface area contributed by atoms with Gasteiger partial charge in [-0.2, -0.15) is 5.10 Å². The molecule has 0 radical (unpaired) electrons. The molecule has 0 aliphatic rings. The molecule has 0 aliphatic heterocycles. The second-order valence-corrected chi connectivity index (χ2v) is 3.79. The van der Waals surface area contributed by atoms with Gasteiger partial charge in [0.1, 0.15) is 6.04 Å². The second-order valence-electron chi connectivity index (χ2n) is 3.79. The van der Waals surface area contributed by atoms with Gasteiger partial charge in [0.25, 0.3) is 0 Å². The van der Waals surface area contributed by atoms with Crippen LogP contribution in [-0.2, 0) is 4.79 Å². The van der Waals surface area contributed by atoms with E-state index < -0.39 is 18.0 Å². The summed E-state index contributed by atoms with van der Waals surface area (Å²) in [5, 5.41) is 20.1. The highest BCUT2D eigenvalue weighted by Gasteiger charge is 2.25. The smallest absolute Gasteiger partial charge is 0.326 e. The number of carbonyl (C=O) groups is 2. The summed E-state index contributed by atoms with van der Waals surface area (Å²) in [6.45, 7) is 3.65. The summed E-state index contributed by atoms with van der Waals surface area (Å²) in [6, 6.07) is -1.45. The molecule has 0 aliphatic carbocycles. The number of H-pyrrole nitrogens is 1. The number of aromatic nitrogens is 2. The lowest BCUT2D eigenvalue weighted by atomic mass is 9.99. The summed E-state index contributed by atoms with van der Waals surface area (Å²) in [5.74, 6) is -1.18. The number of nitrogens with one attached hydrogen (secondary N) is 3. The fourth-order valence-electron chi connectivity index (χ4n) is 1.31. The highest BCUT2D eigenvalue weighted by Crippen LogP contribution is 2.08. The maximum atomic E-state index is 11.5. The molecule has 0 unspecified atom stereocenters. The number of anilines is 1. The quantitative estimate of drug-likeness (QED) is 0.616. The van der Waals surface area contributed by atoms with Crippen molar-refractivity contribution in [2.75, 3.05) is 5.32 Å². The van der Waals surface area contributed by atoms with Gasteiger partial charge in [-0.1, -0.05) is 20.3 Å². The number of hydrogen-bond acceptors (Lipinski definition) is 3. The Hall–Kier alpha value is -2.05. The van der Waals surface area contributed by atoms with Crippen LogP contribution in [0.15, 0.2) is 12.4 Å². The van der Waals surface area contributed by atoms with Crippen LogP contribution in [0.2, 0.25) is 0 Å². The van der Waals surface area contributed by atoms with Gasteiger partial charge in [0.15, 0.2) is 0 Å². The van der Waals surface area contributed by atoms with Gasteiger partial charge in [0.05, 0.1) is 11.9 Å². The molecular weight excluding hydrogens is 224 g/mol. The Morgan fingerprint density at radius 1 is 1.59 bits per heavy atom. The van der Waals surface area contributed by atoms with E-state index in [1.54, 1.807) is 6.92 Å². The standard InChI is InChI=1S/C10H16N4O3/c1-3-6(2)8(9(15)16)14-10(17)13-7-4-11-12-5-7/h4-6,8H,3H2,1-2H3,(H,11,12)(H,15,16)(H2,13,14,17)/t6-,8-/m0/s1. The summed E-state index contributed by atoms with van der Waals surface area (Å²) < 4.78 is 0. The number of carboxylic acids is 1. The molecule has 2 atom stereocenters. The van der Waals surface area contributed by atoms with Gasteiger partial charge in [-0.15, -0.1) is 0 Å². The van der Waals surface area contributed by atoms with Gasteiger partial charge in [-0.25, -0.2) is 9.59 Å². The molecule has 0 fully saturated rings. The fourth-order valence-corrected chi connectivity index (χ4v) is 1.31. The van der Waals surface area contributed by atoms with Crippen molar-refractivity contribution >= 4 is 17.7 Å². The Morgan fingerprint density at radius 3 is 2.76 bits per heavy atom. The minimum absolute atomic E-state index is 0.136. The minimum atomic E-state index is -1.04. The molecule has 94 valence electrons. The Bertz CT molecular complexity index is 377. The molecule has 1 rings (SSSR count). The largest absolute Gasteiger partial charge is 0.480 e. The van der Waals surface area contributed by atoms with E-state index in [0.29, 0.717) is 12.1 Å². The summed E-state index contributed by atoms with van der Waals surface area (Å²) >= 11 is 0. The first kappa shape index (κ1) is 13.0. The van der Waals surface area contributed by atoms with Gasteiger partial charge >= 0.3 is 12.0 Å². The van der Waals surface area contributed by atoms with Crippen molar-refractivity contribution in [1.82, 2.24) is 15.5 Å². The minimum Gasteiger partial charge on any atom is -0.480 e. The van der Waals surface area contributed by atoms with E-state index in [4.69, 9.17) is 5.11 Å². The molecule has 0 aromatic carbocycles. The number of rotatable bonds is 5. The number of urea groups is 1. The Labute approximate surface area is 98.6 Å². The molecule has 17 heavy (non-hydrogen) atoms. The van der Waals surface area contributed by atoms with E-state index in [2.05, 4.69) is 20.8 Å². The Kier molecular flexibility index (Phi) is 4.50. The lowest BCUT2D eigenvalue weighted by molar-refractivity contribution is -0.140. The van der Waals surface area contributed by atoms with E-state index >= 15 is 0 Å². The normalized spacial score (nSPS) is 13.8. The average molecular weight is 240 g/mol. The molecule has 4 N–H and O–H groups in total. The van der Waals surface area contributed by atoms with Crippen LogP contribution in [0.1, 0.15) is 20.3 Å². The number of carbonyl (C=O) groups excluding carboxylic acids is 1. The van der Waals surface area contributed by atoms with Crippen LogP contribution in [0.4, 0.5) is 10.5 Å². The van der Waals surface area contributed by atoms with Crippen LogP contribution < -0.4 is 10.6 Å². The van der Waals surface area contributed by atoms with Crippen molar-refractivity contribution in [1.29, 1.82) is 0 Å². The zero-order chi connectivity index (χ0) is 12.8. The second kappa shape index (κ2) is 5.88. The number of hydrogen-bond donors (Lipinski definition) is 4. The first-order valence-electron chi connectivity index (χ1n) is 5.33. The van der Waals surface area contributed by atoms with Gasteiger partial charge in [0, 0.05) is 6.20 Å². The highest BCUT2D eigenvalue weighted by atomic mass is 16.4. The van der Waals surface area contributed by atoms with Crippen LogP contribution in [0.3, 0.4) is 0 Å². The molecule has 0 bridgehead atoms. The maximum absolute atomic E-state index is 11.5. The van der Waals surface area contributed by atoms with Gasteiger partial charge in [0.2, 0.25) is 0 Å². The van der Waals surface area contributed by atoms with E-state index in [1.165, 1.54) is 12.4 Å². The maximum Gasteiger partial charge on any atom is 0.326 e. The summed E-state index contributed by atoms with van der Waals surface area (Å²) in [6.07, 6.45) is 3.60. The number of amides is 2. The number of nitrogens with zero attached hydrogens (tertiary/aromatic N) is 1. The van der Waals surface area contributed by atoms with Gasteiger partial charge < -0.3 is 15.7 Å². The molecular formula is C10H16N4O3. The van der Waals surface area contributed by atoms with Crippen LogP contribution in [-0.4, -0.2) is 33.3 Å². The molecule has 1 aromatic heterocycles. The molecule has 0 saturated carbocycles. The molecule has 0 saturated heterocycles. The molecule has 7 heteroatoms. The van der Waals surface area contributed by atoms with Crippen LogP contribution in [0, 0.1) is 5.92 Å². The predicted octanol–water partition coefficient (Wildman–Crippen LogP) is 1.03. The molecule has 1 aromatic rings. The third kappa shape index (κ3) is 3.78. The lowest BCUT2D eigenvalue weighted by Crippen LogP contribution is -2.46. The van der Waals surface area contributed by atoms with E-state index in [-0.39, 0.29) is 5.92 Å². The van der Waals surface area contributed by atoms with Crippen molar-refractivity contribution in [3.05, 3.63) is 12.4 Å². The third-order valence-electron chi connectivity index (χ3n) is 2.52. The SMILES string of the molecule is CC[C@H](C)[C@H](NC(=O)Nc1cn[nH]c1)C(=O)O. The van der Waals surface area contributed by atoms with E-state index in [1.807, 2.05) is 6.92 Å². The highest BCUT2D eigenvalue weighted by molar-refractivity contribution is 5.92. The summed E-state index contributed by atoms with van der Waals surface area (Å²) in [7, 11) is 0. The predicted molar refractivity (Wildman–Crippen MR) is 61.6 cm³/mol. The molecule has 2 amide bonds. The van der Waals surface area contributed by atoms with Crippen molar-refractivity contribution in [3.8, 4) is 0 Å². The van der Waals surface area contributed by atoms with Gasteiger partial charge in [-0.3, -0.25) is 5.10 Å². The number of aliphatic carboxylic acids is 1. The molecule has 1 heterocycles. The summed E-state index contributed by atoms with van der Waals surface area (Å²) in [5.41, 5.74) is 0.482. The van der Waals surface area contributed by atoms with Crippen molar-refractivity contribution in [3.63, 3.8) is 0 Å². The molecule has 7 nitrogen and oxygen atoms in total. The first-order valence-corrected chi connectivity index (χ1v) is 5.33.